The summed E-state index contributed by atoms with van der Waals surface area (Å²) in [4.78, 5) is 2.50. The molecule has 0 aliphatic carbocycles. The molecule has 0 aromatic carbocycles. The molecule has 2 saturated heterocycles. The molecule has 1 aromatic rings. The first-order valence-electron chi connectivity index (χ1n) is 7.72. The van der Waals surface area contributed by atoms with Crippen LogP contribution in [0.4, 0.5) is 0 Å². The van der Waals surface area contributed by atoms with Crippen molar-refractivity contribution in [1.29, 1.82) is 0 Å². The van der Waals surface area contributed by atoms with Gasteiger partial charge in [0.25, 0.3) is 0 Å². The summed E-state index contributed by atoms with van der Waals surface area (Å²) in [6.45, 7) is 1.28. The molecule has 0 amide bonds. The first-order chi connectivity index (χ1) is 10.1. The lowest BCUT2D eigenvalue weighted by molar-refractivity contribution is 0.0294. The fourth-order valence-corrected chi connectivity index (χ4v) is 4.49. The monoisotopic (exact) mass is 357 g/mol. The zero-order valence-corrected chi connectivity index (χ0v) is 14.3. The summed E-state index contributed by atoms with van der Waals surface area (Å²) in [6, 6.07) is 1.27. The first-order valence-corrected chi connectivity index (χ1v) is 8.51. The number of fused-ring (bicyclic) bond motifs is 2. The quantitative estimate of drug-likeness (QED) is 0.877. The summed E-state index contributed by atoms with van der Waals surface area (Å²) in [7, 11) is 3.91. The van der Waals surface area contributed by atoms with E-state index in [4.69, 9.17) is 4.74 Å². The number of nitrogens with zero attached hydrogens (tertiary/aromatic N) is 3. The molecule has 2 aliphatic rings. The van der Waals surface area contributed by atoms with Gasteiger partial charge in [-0.05, 0) is 54.6 Å². The van der Waals surface area contributed by atoms with Gasteiger partial charge in [-0.25, -0.2) is 0 Å². The largest absolute Gasteiger partial charge is 0.386 e. The molecular formula is C15H24BrN3O2. The standard InChI is InChI=1S/C15H24BrN3O2/c1-18-11-3-4-12(18)8-10(7-11)15(20)14-13(16)9-17-19(14)5-6-21-2/h9-12,15,20H,3-8H2,1-2H3. The Balaban J connectivity index is 1.76. The topological polar surface area (TPSA) is 50.5 Å². The average Bonchev–Trinajstić information content (AvgIpc) is 2.91. The zero-order chi connectivity index (χ0) is 15.0. The Bertz CT molecular complexity index is 479. The number of aromatic nitrogens is 2. The Morgan fingerprint density at radius 1 is 1.43 bits per heavy atom. The van der Waals surface area contributed by atoms with Gasteiger partial charge in [0.05, 0.1) is 35.6 Å². The van der Waals surface area contributed by atoms with Crippen LogP contribution in [0.25, 0.3) is 0 Å². The third-order valence-corrected chi connectivity index (χ3v) is 5.81. The molecule has 1 N–H and O–H groups in total. The molecular weight excluding hydrogens is 334 g/mol. The van der Waals surface area contributed by atoms with Gasteiger partial charge in [0.15, 0.2) is 0 Å². The van der Waals surface area contributed by atoms with Crippen molar-refractivity contribution in [3.63, 3.8) is 0 Å². The number of rotatable bonds is 5. The van der Waals surface area contributed by atoms with Crippen LogP contribution in [0, 0.1) is 5.92 Å². The molecule has 0 spiro atoms. The fraction of sp³-hybridized carbons (Fsp3) is 0.800. The van der Waals surface area contributed by atoms with Crippen LogP contribution in [0.15, 0.2) is 10.7 Å². The van der Waals surface area contributed by atoms with Crippen molar-refractivity contribution in [2.45, 2.75) is 50.4 Å². The van der Waals surface area contributed by atoms with Gasteiger partial charge >= 0.3 is 0 Å². The highest BCUT2D eigenvalue weighted by atomic mass is 79.9. The predicted octanol–water partition coefficient (Wildman–Crippen LogP) is 2.20. The molecule has 0 radical (unpaired) electrons. The highest BCUT2D eigenvalue weighted by Gasteiger charge is 2.41. The smallest absolute Gasteiger partial charge is 0.0997 e. The van der Waals surface area contributed by atoms with Crippen molar-refractivity contribution in [1.82, 2.24) is 14.7 Å². The average molecular weight is 358 g/mol. The number of piperidine rings is 1. The van der Waals surface area contributed by atoms with Crippen molar-refractivity contribution < 1.29 is 9.84 Å². The number of aliphatic hydroxyl groups excluding tert-OH is 1. The number of aliphatic hydroxyl groups is 1. The Morgan fingerprint density at radius 3 is 2.71 bits per heavy atom. The second-order valence-electron chi connectivity index (χ2n) is 6.32. The molecule has 3 atom stereocenters. The highest BCUT2D eigenvalue weighted by Crippen LogP contribution is 2.43. The van der Waals surface area contributed by atoms with E-state index in [9.17, 15) is 5.11 Å². The maximum atomic E-state index is 10.9. The van der Waals surface area contributed by atoms with Crippen LogP contribution < -0.4 is 0 Å². The molecule has 1 aromatic heterocycles. The van der Waals surface area contributed by atoms with Gasteiger partial charge < -0.3 is 14.7 Å². The van der Waals surface area contributed by atoms with E-state index >= 15 is 0 Å². The molecule has 3 heterocycles. The molecule has 5 nitrogen and oxygen atoms in total. The summed E-state index contributed by atoms with van der Waals surface area (Å²) in [5.41, 5.74) is 0.904. The molecule has 118 valence electrons. The Labute approximate surface area is 134 Å². The minimum atomic E-state index is -0.449. The lowest BCUT2D eigenvalue weighted by Crippen LogP contribution is -2.41. The van der Waals surface area contributed by atoms with Gasteiger partial charge in [-0.15, -0.1) is 0 Å². The van der Waals surface area contributed by atoms with Crippen molar-refractivity contribution in [2.24, 2.45) is 5.92 Å². The summed E-state index contributed by atoms with van der Waals surface area (Å²) < 4.78 is 7.90. The van der Waals surface area contributed by atoms with E-state index in [1.54, 1.807) is 13.3 Å². The number of hydrogen-bond donors (Lipinski definition) is 1. The third kappa shape index (κ3) is 2.91. The number of methoxy groups -OCH3 is 1. The predicted molar refractivity (Wildman–Crippen MR) is 84.1 cm³/mol. The van der Waals surface area contributed by atoms with Crippen LogP contribution in [-0.4, -0.2) is 52.6 Å². The van der Waals surface area contributed by atoms with Gasteiger partial charge in [-0.1, -0.05) is 0 Å². The van der Waals surface area contributed by atoms with Crippen molar-refractivity contribution in [2.75, 3.05) is 20.8 Å². The van der Waals surface area contributed by atoms with Gasteiger partial charge in [-0.2, -0.15) is 5.10 Å². The van der Waals surface area contributed by atoms with E-state index in [1.165, 1.54) is 12.8 Å². The number of ether oxygens (including phenoxy) is 1. The van der Waals surface area contributed by atoms with Crippen molar-refractivity contribution in [3.8, 4) is 0 Å². The summed E-state index contributed by atoms with van der Waals surface area (Å²) in [5, 5.41) is 15.3. The van der Waals surface area contributed by atoms with E-state index in [0.717, 1.165) is 23.0 Å². The molecule has 21 heavy (non-hydrogen) atoms. The van der Waals surface area contributed by atoms with E-state index in [2.05, 4.69) is 33.0 Å². The second kappa shape index (κ2) is 6.36. The molecule has 6 heteroatoms. The fourth-order valence-electron chi connectivity index (χ4n) is 3.96. The second-order valence-corrected chi connectivity index (χ2v) is 7.17. The molecule has 3 unspecified atom stereocenters. The maximum Gasteiger partial charge on any atom is 0.0997 e. The third-order valence-electron chi connectivity index (χ3n) is 5.20. The Kier molecular flexibility index (Phi) is 4.69. The van der Waals surface area contributed by atoms with E-state index < -0.39 is 6.10 Å². The first kappa shape index (κ1) is 15.5. The van der Waals surface area contributed by atoms with Crippen LogP contribution in [-0.2, 0) is 11.3 Å². The molecule has 3 rings (SSSR count). The van der Waals surface area contributed by atoms with E-state index in [1.807, 2.05) is 4.68 Å². The van der Waals surface area contributed by atoms with E-state index in [0.29, 0.717) is 31.2 Å². The number of halogens is 1. The zero-order valence-electron chi connectivity index (χ0n) is 12.7. The van der Waals surface area contributed by atoms with E-state index in [-0.39, 0.29) is 0 Å². The number of hydrogen-bond acceptors (Lipinski definition) is 4. The SMILES string of the molecule is COCCn1ncc(Br)c1C(O)C1CC2CCC(C1)N2C. The Hall–Kier alpha value is -0.430. The van der Waals surface area contributed by atoms with Crippen molar-refractivity contribution in [3.05, 3.63) is 16.4 Å². The maximum absolute atomic E-state index is 10.9. The highest BCUT2D eigenvalue weighted by molar-refractivity contribution is 9.10. The van der Waals surface area contributed by atoms with Gasteiger partial charge in [0.2, 0.25) is 0 Å². The molecule has 2 bridgehead atoms. The summed E-state index contributed by atoms with van der Waals surface area (Å²) in [6.07, 6.45) is 6.03. The van der Waals surface area contributed by atoms with Crippen molar-refractivity contribution >= 4 is 15.9 Å². The van der Waals surface area contributed by atoms with Gasteiger partial charge in [0.1, 0.15) is 0 Å². The molecule has 2 aliphatic heterocycles. The van der Waals surface area contributed by atoms with Crippen LogP contribution in [0.5, 0.6) is 0 Å². The van der Waals surface area contributed by atoms with Crippen LogP contribution in [0.1, 0.15) is 37.5 Å². The van der Waals surface area contributed by atoms with Gasteiger partial charge in [0, 0.05) is 19.2 Å². The normalized spacial score (nSPS) is 30.8. The van der Waals surface area contributed by atoms with Crippen LogP contribution >= 0.6 is 15.9 Å². The lowest BCUT2D eigenvalue weighted by Gasteiger charge is -2.38. The summed E-state index contributed by atoms with van der Waals surface area (Å²) in [5.74, 6) is 0.327. The Morgan fingerprint density at radius 2 is 2.10 bits per heavy atom. The van der Waals surface area contributed by atoms with Gasteiger partial charge in [-0.3, -0.25) is 4.68 Å². The summed E-state index contributed by atoms with van der Waals surface area (Å²) >= 11 is 3.54. The van der Waals surface area contributed by atoms with Crippen LogP contribution in [0.3, 0.4) is 0 Å². The minimum Gasteiger partial charge on any atom is -0.386 e. The molecule has 2 fully saturated rings. The lowest BCUT2D eigenvalue weighted by atomic mass is 9.85. The van der Waals surface area contributed by atoms with Crippen LogP contribution in [0.2, 0.25) is 0 Å². The molecule has 0 saturated carbocycles. The minimum absolute atomic E-state index is 0.327.